The molecule has 102 valence electrons. The number of carbonyl (C=O) groups is 1. The van der Waals surface area contributed by atoms with Crippen LogP contribution in [0.25, 0.3) is 0 Å². The van der Waals surface area contributed by atoms with Crippen LogP contribution in [0.3, 0.4) is 0 Å². The quantitative estimate of drug-likeness (QED) is 0.747. The monoisotopic (exact) mass is 251 g/mol. The first-order chi connectivity index (χ1) is 8.62. The Bertz CT molecular complexity index is 299. The number of amides is 1. The summed E-state index contributed by atoms with van der Waals surface area (Å²) in [5.41, 5.74) is 0. The van der Waals surface area contributed by atoms with Gasteiger partial charge < -0.3 is 4.90 Å². The fourth-order valence-electron chi connectivity index (χ4n) is 2.48. The molecule has 0 bridgehead atoms. The van der Waals surface area contributed by atoms with Crippen LogP contribution in [0.1, 0.15) is 33.6 Å². The first kappa shape index (κ1) is 15.0. The lowest BCUT2D eigenvalue weighted by Gasteiger charge is -2.36. The average molecular weight is 251 g/mol. The van der Waals surface area contributed by atoms with Crippen molar-refractivity contribution in [2.75, 3.05) is 32.7 Å². The highest BCUT2D eigenvalue weighted by Crippen LogP contribution is 2.14. The molecule has 0 spiro atoms. The molecule has 4 heteroatoms. The second-order valence-corrected chi connectivity index (χ2v) is 5.17. The summed E-state index contributed by atoms with van der Waals surface area (Å²) in [7, 11) is 0. The van der Waals surface area contributed by atoms with E-state index in [0.29, 0.717) is 5.91 Å². The highest BCUT2D eigenvalue weighted by Gasteiger charge is 2.25. The van der Waals surface area contributed by atoms with Crippen molar-refractivity contribution in [1.82, 2.24) is 9.80 Å². The Kier molecular flexibility index (Phi) is 6.14. The summed E-state index contributed by atoms with van der Waals surface area (Å²) in [5, 5.41) is 8.80. The summed E-state index contributed by atoms with van der Waals surface area (Å²) in [6.45, 7) is 10.4. The van der Waals surface area contributed by atoms with Crippen molar-refractivity contribution >= 4 is 5.91 Å². The van der Waals surface area contributed by atoms with Crippen molar-refractivity contribution in [2.24, 2.45) is 11.8 Å². The minimum absolute atomic E-state index is 0.0753. The molecule has 4 nitrogen and oxygen atoms in total. The summed E-state index contributed by atoms with van der Waals surface area (Å²) in [6, 6.07) is 2.26. The van der Waals surface area contributed by atoms with E-state index < -0.39 is 0 Å². The van der Waals surface area contributed by atoms with E-state index in [1.165, 1.54) is 0 Å². The predicted molar refractivity (Wildman–Crippen MR) is 71.9 cm³/mol. The molecule has 0 saturated carbocycles. The van der Waals surface area contributed by atoms with Crippen molar-refractivity contribution in [2.45, 2.75) is 33.6 Å². The number of rotatable bonds is 5. The zero-order valence-corrected chi connectivity index (χ0v) is 11.9. The molecule has 0 N–H and O–H groups in total. The van der Waals surface area contributed by atoms with Gasteiger partial charge in [-0.1, -0.05) is 13.8 Å². The van der Waals surface area contributed by atoms with Gasteiger partial charge in [-0.05, 0) is 19.8 Å². The van der Waals surface area contributed by atoms with E-state index in [1.54, 1.807) is 0 Å². The van der Waals surface area contributed by atoms with E-state index in [1.807, 2.05) is 11.8 Å². The van der Waals surface area contributed by atoms with Crippen molar-refractivity contribution in [3.63, 3.8) is 0 Å². The van der Waals surface area contributed by atoms with Crippen LogP contribution in [-0.2, 0) is 4.79 Å². The summed E-state index contributed by atoms with van der Waals surface area (Å²) in [5.74, 6) is 0.578. The molecule has 1 aliphatic rings. The predicted octanol–water partition coefficient (Wildman–Crippen LogP) is 1.73. The molecular weight excluding hydrogens is 226 g/mol. The third-order valence-corrected chi connectivity index (χ3v) is 3.77. The van der Waals surface area contributed by atoms with Gasteiger partial charge in [0.1, 0.15) is 0 Å². The molecule has 0 aromatic carbocycles. The summed E-state index contributed by atoms with van der Waals surface area (Å²) in [4.78, 5) is 16.5. The van der Waals surface area contributed by atoms with Gasteiger partial charge >= 0.3 is 0 Å². The van der Waals surface area contributed by atoms with E-state index in [0.717, 1.165) is 45.6 Å². The maximum atomic E-state index is 12.2. The maximum absolute atomic E-state index is 12.2. The van der Waals surface area contributed by atoms with Gasteiger partial charge in [-0.25, -0.2) is 0 Å². The molecular formula is C14H25N3O. The molecule has 1 amide bonds. The van der Waals surface area contributed by atoms with Crippen molar-refractivity contribution in [3.05, 3.63) is 0 Å². The second kappa shape index (κ2) is 7.38. The van der Waals surface area contributed by atoms with Crippen LogP contribution < -0.4 is 0 Å². The standard InChI is InChI=1S/C14H25N3O/c1-4-13(5-2)14(18)17-8-6-16(7-9-17)11-12(3)10-15/h12-13H,4-9,11H2,1-3H3. The van der Waals surface area contributed by atoms with Crippen molar-refractivity contribution in [3.8, 4) is 6.07 Å². The molecule has 1 fully saturated rings. The Morgan fingerprint density at radius 2 is 1.78 bits per heavy atom. The van der Waals surface area contributed by atoms with E-state index in [-0.39, 0.29) is 11.8 Å². The SMILES string of the molecule is CCC(CC)C(=O)N1CCN(CC(C)C#N)CC1. The first-order valence-electron chi connectivity index (χ1n) is 7.03. The lowest BCUT2D eigenvalue weighted by molar-refractivity contribution is -0.137. The largest absolute Gasteiger partial charge is 0.340 e. The maximum Gasteiger partial charge on any atom is 0.225 e. The number of hydrogen-bond acceptors (Lipinski definition) is 3. The first-order valence-corrected chi connectivity index (χ1v) is 7.03. The van der Waals surface area contributed by atoms with Crippen molar-refractivity contribution < 1.29 is 4.79 Å². The van der Waals surface area contributed by atoms with E-state index >= 15 is 0 Å². The zero-order valence-electron chi connectivity index (χ0n) is 11.9. The van der Waals surface area contributed by atoms with Crippen LogP contribution in [0, 0.1) is 23.2 Å². The van der Waals surface area contributed by atoms with Gasteiger partial charge in [-0.3, -0.25) is 9.69 Å². The lowest BCUT2D eigenvalue weighted by Crippen LogP contribution is -2.51. The zero-order chi connectivity index (χ0) is 13.5. The molecule has 0 radical (unpaired) electrons. The van der Waals surface area contributed by atoms with Gasteiger partial charge in [-0.15, -0.1) is 0 Å². The topological polar surface area (TPSA) is 47.3 Å². The molecule has 1 atom stereocenters. The van der Waals surface area contributed by atoms with E-state index in [2.05, 4.69) is 24.8 Å². The van der Waals surface area contributed by atoms with Gasteiger partial charge in [0, 0.05) is 38.6 Å². The third kappa shape index (κ3) is 3.99. The minimum atomic E-state index is 0.0753. The fraction of sp³-hybridized carbons (Fsp3) is 0.857. The number of nitrogens with zero attached hydrogens (tertiary/aromatic N) is 3. The minimum Gasteiger partial charge on any atom is -0.340 e. The van der Waals surface area contributed by atoms with Crippen LogP contribution >= 0.6 is 0 Å². The Hall–Kier alpha value is -1.08. The number of piperazine rings is 1. The Morgan fingerprint density at radius 1 is 1.22 bits per heavy atom. The van der Waals surface area contributed by atoms with Gasteiger partial charge in [0.05, 0.1) is 12.0 Å². The number of nitriles is 1. The summed E-state index contributed by atoms with van der Waals surface area (Å²) in [6.07, 6.45) is 1.86. The molecule has 1 saturated heterocycles. The Balaban J connectivity index is 2.39. The Morgan fingerprint density at radius 3 is 2.22 bits per heavy atom. The molecule has 18 heavy (non-hydrogen) atoms. The van der Waals surface area contributed by atoms with E-state index in [9.17, 15) is 4.79 Å². The summed E-state index contributed by atoms with van der Waals surface area (Å²) < 4.78 is 0. The highest BCUT2D eigenvalue weighted by atomic mass is 16.2. The third-order valence-electron chi connectivity index (χ3n) is 3.77. The van der Waals surface area contributed by atoms with Crippen LogP contribution in [0.5, 0.6) is 0 Å². The van der Waals surface area contributed by atoms with E-state index in [4.69, 9.17) is 5.26 Å². The lowest BCUT2D eigenvalue weighted by atomic mass is 10.0. The highest BCUT2D eigenvalue weighted by molar-refractivity contribution is 5.78. The number of carbonyl (C=O) groups excluding carboxylic acids is 1. The van der Waals surface area contributed by atoms with Crippen LogP contribution in [0.2, 0.25) is 0 Å². The van der Waals surface area contributed by atoms with Gasteiger partial charge in [0.2, 0.25) is 5.91 Å². The molecule has 1 heterocycles. The van der Waals surface area contributed by atoms with Crippen LogP contribution in [-0.4, -0.2) is 48.4 Å². The summed E-state index contributed by atoms with van der Waals surface area (Å²) >= 11 is 0. The molecule has 0 aromatic rings. The fourth-order valence-corrected chi connectivity index (χ4v) is 2.48. The average Bonchev–Trinajstić information content (AvgIpc) is 2.40. The van der Waals surface area contributed by atoms with Crippen LogP contribution in [0.4, 0.5) is 0 Å². The molecule has 0 aromatic heterocycles. The van der Waals surface area contributed by atoms with Crippen LogP contribution in [0.15, 0.2) is 0 Å². The molecule has 1 aliphatic heterocycles. The number of hydrogen-bond donors (Lipinski definition) is 0. The molecule has 1 rings (SSSR count). The van der Waals surface area contributed by atoms with Gasteiger partial charge in [0.25, 0.3) is 0 Å². The van der Waals surface area contributed by atoms with Gasteiger partial charge in [0.15, 0.2) is 0 Å². The Labute approximate surface area is 111 Å². The smallest absolute Gasteiger partial charge is 0.225 e. The second-order valence-electron chi connectivity index (χ2n) is 5.17. The molecule has 1 unspecified atom stereocenters. The van der Waals surface area contributed by atoms with Gasteiger partial charge in [-0.2, -0.15) is 5.26 Å². The normalized spacial score (nSPS) is 18.7. The van der Waals surface area contributed by atoms with Crippen molar-refractivity contribution in [1.29, 1.82) is 5.26 Å². The molecule has 0 aliphatic carbocycles.